The van der Waals surface area contributed by atoms with Crippen LogP contribution in [0.3, 0.4) is 0 Å². The highest BCUT2D eigenvalue weighted by atomic mass is 32.2. The van der Waals surface area contributed by atoms with Crippen LogP contribution in [0.15, 0.2) is 23.1 Å². The van der Waals surface area contributed by atoms with Gasteiger partial charge in [0.2, 0.25) is 10.0 Å². The van der Waals surface area contributed by atoms with Crippen molar-refractivity contribution in [2.45, 2.75) is 42.5 Å². The van der Waals surface area contributed by atoms with Crippen LogP contribution in [0.4, 0.5) is 14.5 Å². The molecule has 2 saturated heterocycles. The smallest absolute Gasteiger partial charge is 0.261 e. The quantitative estimate of drug-likeness (QED) is 0.800. The number of likely N-dealkylation sites (tertiary alicyclic amines) is 1. The van der Waals surface area contributed by atoms with Crippen molar-refractivity contribution >= 4 is 15.7 Å². The summed E-state index contributed by atoms with van der Waals surface area (Å²) in [7, 11) is -1.80. The fourth-order valence-electron chi connectivity index (χ4n) is 4.37. The molecule has 1 aromatic rings. The van der Waals surface area contributed by atoms with E-state index in [0.717, 1.165) is 48.0 Å². The van der Waals surface area contributed by atoms with Crippen LogP contribution in [0.1, 0.15) is 24.8 Å². The van der Waals surface area contributed by atoms with Crippen LogP contribution in [-0.4, -0.2) is 69.4 Å². The first-order valence-electron chi connectivity index (χ1n) is 9.22. The third-order valence-electron chi connectivity index (χ3n) is 5.79. The molecule has 3 heterocycles. The number of hydrogen-bond acceptors (Lipinski definition) is 4. The number of halogens is 2. The molecule has 0 aromatic heterocycles. The van der Waals surface area contributed by atoms with E-state index in [1.165, 1.54) is 0 Å². The molecule has 0 aliphatic carbocycles. The second-order valence-electron chi connectivity index (χ2n) is 7.74. The lowest BCUT2D eigenvalue weighted by Crippen LogP contribution is -2.45. The van der Waals surface area contributed by atoms with Gasteiger partial charge in [-0.15, -0.1) is 0 Å². The minimum Gasteiger partial charge on any atom is -0.367 e. The molecular weight excluding hydrogens is 360 g/mol. The van der Waals surface area contributed by atoms with E-state index in [4.69, 9.17) is 0 Å². The zero-order chi connectivity index (χ0) is 18.5. The van der Waals surface area contributed by atoms with E-state index in [0.29, 0.717) is 6.04 Å². The molecule has 1 aromatic carbocycles. The van der Waals surface area contributed by atoms with Crippen molar-refractivity contribution in [2.75, 3.05) is 44.7 Å². The average molecular weight is 385 g/mol. The summed E-state index contributed by atoms with van der Waals surface area (Å²) in [6.45, 7) is 2.33. The van der Waals surface area contributed by atoms with Gasteiger partial charge < -0.3 is 9.80 Å². The second kappa shape index (κ2) is 6.42. The van der Waals surface area contributed by atoms with E-state index in [1.807, 2.05) is 6.07 Å². The van der Waals surface area contributed by atoms with Gasteiger partial charge in [0.15, 0.2) is 0 Å². The third-order valence-corrected chi connectivity index (χ3v) is 7.63. The molecule has 1 atom stereocenters. The molecule has 26 heavy (non-hydrogen) atoms. The van der Waals surface area contributed by atoms with Crippen LogP contribution in [0.5, 0.6) is 0 Å². The van der Waals surface area contributed by atoms with Gasteiger partial charge >= 0.3 is 0 Å². The van der Waals surface area contributed by atoms with E-state index in [1.54, 1.807) is 12.1 Å². The van der Waals surface area contributed by atoms with Gasteiger partial charge in [-0.1, -0.05) is 6.07 Å². The fraction of sp³-hybridized carbons (Fsp3) is 0.667. The highest BCUT2D eigenvalue weighted by Crippen LogP contribution is 2.36. The van der Waals surface area contributed by atoms with Gasteiger partial charge in [-0.25, -0.2) is 17.2 Å². The molecule has 1 unspecified atom stereocenters. The first-order valence-corrected chi connectivity index (χ1v) is 10.7. The lowest BCUT2D eigenvalue weighted by atomic mass is 10.1. The van der Waals surface area contributed by atoms with E-state index in [9.17, 15) is 17.2 Å². The van der Waals surface area contributed by atoms with Crippen LogP contribution >= 0.6 is 0 Å². The van der Waals surface area contributed by atoms with Gasteiger partial charge in [0.05, 0.1) is 11.4 Å². The minimum absolute atomic E-state index is 0.132. The zero-order valence-corrected chi connectivity index (χ0v) is 15.8. The number of rotatable bonds is 3. The van der Waals surface area contributed by atoms with Crippen molar-refractivity contribution in [3.05, 3.63) is 23.8 Å². The third kappa shape index (κ3) is 3.23. The molecule has 0 saturated carbocycles. The van der Waals surface area contributed by atoms with Crippen LogP contribution in [0.25, 0.3) is 0 Å². The number of piperidine rings is 1. The van der Waals surface area contributed by atoms with E-state index in [2.05, 4.69) is 16.8 Å². The highest BCUT2D eigenvalue weighted by Gasteiger charge is 2.41. The summed E-state index contributed by atoms with van der Waals surface area (Å²) >= 11 is 0. The van der Waals surface area contributed by atoms with Crippen LogP contribution < -0.4 is 4.90 Å². The molecule has 0 bridgehead atoms. The number of fused-ring (bicyclic) bond motifs is 1. The number of hydrogen-bond donors (Lipinski definition) is 0. The first-order chi connectivity index (χ1) is 12.3. The molecule has 4 rings (SSSR count). The number of anilines is 1. The largest absolute Gasteiger partial charge is 0.367 e. The zero-order valence-electron chi connectivity index (χ0n) is 15.0. The van der Waals surface area contributed by atoms with E-state index in [-0.39, 0.29) is 24.3 Å². The van der Waals surface area contributed by atoms with Gasteiger partial charge in [-0.2, -0.15) is 4.31 Å². The first kappa shape index (κ1) is 18.1. The maximum absolute atomic E-state index is 13.7. The molecule has 0 spiro atoms. The minimum atomic E-state index is -3.90. The van der Waals surface area contributed by atoms with Crippen molar-refractivity contribution < 1.29 is 17.2 Å². The second-order valence-corrected chi connectivity index (χ2v) is 9.67. The molecule has 3 aliphatic rings. The molecule has 0 amide bonds. The average Bonchev–Trinajstić information content (AvgIpc) is 3.19. The van der Waals surface area contributed by atoms with Crippen LogP contribution in [0.2, 0.25) is 0 Å². The Hall–Kier alpha value is -1.25. The molecular formula is C18H25F2N3O2S. The summed E-state index contributed by atoms with van der Waals surface area (Å²) in [6.07, 6.45) is 1.91. The van der Waals surface area contributed by atoms with Gasteiger partial charge in [-0.3, -0.25) is 0 Å². The molecule has 8 heteroatoms. The Balaban J connectivity index is 1.62. The summed E-state index contributed by atoms with van der Waals surface area (Å²) < 4.78 is 54.2. The molecule has 0 radical (unpaired) electrons. The number of alkyl halides is 2. The van der Waals surface area contributed by atoms with Gasteiger partial charge in [0.1, 0.15) is 0 Å². The van der Waals surface area contributed by atoms with Gasteiger partial charge in [0.25, 0.3) is 5.92 Å². The topological polar surface area (TPSA) is 43.9 Å². The lowest BCUT2D eigenvalue weighted by Gasteiger charge is -2.32. The van der Waals surface area contributed by atoms with Crippen molar-refractivity contribution in [2.24, 2.45) is 0 Å². The van der Waals surface area contributed by atoms with Crippen LogP contribution in [-0.2, 0) is 16.4 Å². The molecule has 3 aliphatic heterocycles. The highest BCUT2D eigenvalue weighted by molar-refractivity contribution is 7.89. The monoisotopic (exact) mass is 385 g/mol. The molecule has 2 fully saturated rings. The Morgan fingerprint density at radius 3 is 2.69 bits per heavy atom. The lowest BCUT2D eigenvalue weighted by molar-refractivity contribution is -0.0434. The number of sulfonamides is 1. The van der Waals surface area contributed by atoms with E-state index >= 15 is 0 Å². The van der Waals surface area contributed by atoms with Crippen molar-refractivity contribution in [1.82, 2.24) is 9.21 Å². The predicted octanol–water partition coefficient (Wildman–Crippen LogP) is 2.17. The maximum Gasteiger partial charge on any atom is 0.261 e. The predicted molar refractivity (Wildman–Crippen MR) is 96.3 cm³/mol. The van der Waals surface area contributed by atoms with Gasteiger partial charge in [-0.05, 0) is 50.6 Å². The molecule has 0 N–H and O–H groups in total. The maximum atomic E-state index is 13.7. The summed E-state index contributed by atoms with van der Waals surface area (Å²) in [5, 5.41) is 0. The van der Waals surface area contributed by atoms with Crippen LogP contribution in [0, 0.1) is 0 Å². The Bertz CT molecular complexity index is 800. The number of likely N-dealkylation sites (N-methyl/N-ethyl adjacent to an activating group) is 1. The summed E-state index contributed by atoms with van der Waals surface area (Å²) in [5.41, 5.74) is 2.10. The van der Waals surface area contributed by atoms with E-state index < -0.39 is 22.5 Å². The van der Waals surface area contributed by atoms with Crippen molar-refractivity contribution in [3.63, 3.8) is 0 Å². The Labute approximate surface area is 153 Å². The summed E-state index contributed by atoms with van der Waals surface area (Å²) in [4.78, 5) is 4.70. The standard InChI is InChI=1S/C18H25F2N3O2S/c1-21-9-6-15(12-21)23-10-5-14-3-4-16(11-17(14)23)26(24,25)22-8-2-7-18(19,20)13-22/h3-4,11,15H,2,5-10,12-13H2,1H3. The SMILES string of the molecule is CN1CCC(N2CCc3ccc(S(=O)(=O)N4CCCC(F)(F)C4)cc32)C1. The Morgan fingerprint density at radius 1 is 1.19 bits per heavy atom. The summed E-state index contributed by atoms with van der Waals surface area (Å²) in [6, 6.07) is 5.51. The normalized spacial score (nSPS) is 27.0. The molecule has 5 nitrogen and oxygen atoms in total. The van der Waals surface area contributed by atoms with Gasteiger partial charge in [0, 0.05) is 37.8 Å². The fourth-order valence-corrected chi connectivity index (χ4v) is 5.90. The Kier molecular flexibility index (Phi) is 4.48. The van der Waals surface area contributed by atoms with Crippen molar-refractivity contribution in [3.8, 4) is 0 Å². The number of nitrogens with zero attached hydrogens (tertiary/aromatic N) is 3. The summed E-state index contributed by atoms with van der Waals surface area (Å²) in [5.74, 6) is -2.94. The Morgan fingerprint density at radius 2 is 2.00 bits per heavy atom. The van der Waals surface area contributed by atoms with Crippen molar-refractivity contribution in [1.29, 1.82) is 0 Å². The molecule has 144 valence electrons. The number of benzene rings is 1.